The van der Waals surface area contributed by atoms with E-state index in [0.29, 0.717) is 43.7 Å². The van der Waals surface area contributed by atoms with Gasteiger partial charge in [0.05, 0.1) is 20.3 Å². The van der Waals surface area contributed by atoms with Gasteiger partial charge in [-0.2, -0.15) is 13.2 Å². The van der Waals surface area contributed by atoms with Gasteiger partial charge < -0.3 is 28.8 Å². The maximum Gasteiger partial charge on any atom is 0.490 e. The number of hydrogen-bond acceptors (Lipinski definition) is 6. The zero-order valence-corrected chi connectivity index (χ0v) is 22.5. The summed E-state index contributed by atoms with van der Waals surface area (Å²) in [4.78, 5) is 17.2. The van der Waals surface area contributed by atoms with Crippen LogP contribution in [0.1, 0.15) is 17.7 Å². The van der Waals surface area contributed by atoms with Crippen LogP contribution in [-0.2, 0) is 21.5 Å². The van der Waals surface area contributed by atoms with E-state index < -0.39 is 17.7 Å². The molecule has 0 saturated carbocycles. The number of H-pyrrole nitrogens is 1. The number of fused-ring (bicyclic) bond motifs is 4. The smallest absolute Gasteiger partial charge is 0.490 e. The van der Waals surface area contributed by atoms with Crippen molar-refractivity contribution < 1.29 is 41.8 Å². The average molecular weight is 563 g/mol. The van der Waals surface area contributed by atoms with E-state index in [-0.39, 0.29) is 19.8 Å². The van der Waals surface area contributed by atoms with Crippen LogP contribution in [0.4, 0.5) is 13.2 Å². The summed E-state index contributed by atoms with van der Waals surface area (Å²) in [7, 11) is 1.63. The summed E-state index contributed by atoms with van der Waals surface area (Å²) in [6.45, 7) is 3.45. The van der Waals surface area contributed by atoms with Crippen molar-refractivity contribution in [2.45, 2.75) is 24.6 Å². The number of nitrogens with one attached hydrogen (secondary N) is 1. The zero-order chi connectivity index (χ0) is 28.4. The first-order valence-electron chi connectivity index (χ1n) is 13.5. The lowest BCUT2D eigenvalue weighted by atomic mass is 9.83. The molecule has 1 saturated heterocycles. The Balaban J connectivity index is 1.45. The van der Waals surface area contributed by atoms with Gasteiger partial charge in [-0.25, -0.2) is 4.79 Å². The fourth-order valence-corrected chi connectivity index (χ4v) is 6.46. The lowest BCUT2D eigenvalue weighted by molar-refractivity contribution is -0.919. The molecule has 0 aliphatic carbocycles. The van der Waals surface area contributed by atoms with Gasteiger partial charge >= 0.3 is 12.1 Å². The van der Waals surface area contributed by atoms with Gasteiger partial charge in [-0.05, 0) is 42.3 Å². The fraction of sp³-hybridized carbons (Fsp3) is 0.483. The summed E-state index contributed by atoms with van der Waals surface area (Å²) >= 11 is 0. The predicted octanol–water partition coefficient (Wildman–Crippen LogP) is 3.63. The van der Waals surface area contributed by atoms with Crippen LogP contribution in [0.5, 0.6) is 11.5 Å². The Hall–Kier alpha value is -3.28. The monoisotopic (exact) mass is 562 g/mol. The third kappa shape index (κ3) is 5.50. The van der Waals surface area contributed by atoms with Crippen molar-refractivity contribution in [3.05, 3.63) is 59.8 Å². The second kappa shape index (κ2) is 11.3. The van der Waals surface area contributed by atoms with E-state index in [4.69, 9.17) is 9.47 Å². The van der Waals surface area contributed by atoms with Crippen LogP contribution in [0.2, 0.25) is 0 Å². The van der Waals surface area contributed by atoms with Crippen molar-refractivity contribution >= 4 is 16.9 Å². The molecule has 2 aliphatic rings. The number of esters is 1. The lowest BCUT2D eigenvalue weighted by Crippen LogP contribution is -2.58. The van der Waals surface area contributed by atoms with Crippen LogP contribution >= 0.6 is 0 Å². The predicted molar refractivity (Wildman–Crippen MR) is 142 cm³/mol. The van der Waals surface area contributed by atoms with E-state index >= 15 is 0 Å². The van der Waals surface area contributed by atoms with Crippen LogP contribution < -0.4 is 9.47 Å². The number of rotatable bonds is 10. The minimum atomic E-state index is -5.03. The van der Waals surface area contributed by atoms with Gasteiger partial charge in [0, 0.05) is 36.1 Å². The van der Waals surface area contributed by atoms with Gasteiger partial charge in [0.15, 0.2) is 0 Å². The fourth-order valence-electron chi connectivity index (χ4n) is 6.46. The van der Waals surface area contributed by atoms with Crippen molar-refractivity contribution in [3.8, 4) is 11.5 Å². The first kappa shape index (κ1) is 28.3. The van der Waals surface area contributed by atoms with Crippen molar-refractivity contribution in [3.63, 3.8) is 0 Å². The number of benzene rings is 2. The average Bonchev–Trinajstić information content (AvgIpc) is 3.50. The minimum Gasteiger partial charge on any atom is -0.497 e. The highest BCUT2D eigenvalue weighted by Gasteiger charge is 2.56. The number of alkyl halides is 3. The normalized spacial score (nSPS) is 22.9. The molecule has 5 rings (SSSR count). The molecule has 2 atom stereocenters. The molecule has 2 N–H and O–H groups in total. The minimum absolute atomic E-state index is 0.00136. The third-order valence-corrected chi connectivity index (χ3v) is 8.39. The van der Waals surface area contributed by atoms with Crippen LogP contribution in [0.3, 0.4) is 0 Å². The Morgan fingerprint density at radius 2 is 1.93 bits per heavy atom. The molecule has 0 amide bonds. The van der Waals surface area contributed by atoms with Crippen molar-refractivity contribution in [1.29, 1.82) is 0 Å². The Morgan fingerprint density at radius 3 is 2.65 bits per heavy atom. The first-order chi connectivity index (χ1) is 19.2. The molecule has 2 aliphatic heterocycles. The Morgan fingerprint density at radius 1 is 1.12 bits per heavy atom. The van der Waals surface area contributed by atoms with Gasteiger partial charge in [0.1, 0.15) is 49.9 Å². The van der Waals surface area contributed by atoms with Crippen molar-refractivity contribution in [1.82, 2.24) is 9.88 Å². The molecule has 2 aromatic carbocycles. The summed E-state index contributed by atoms with van der Waals surface area (Å²) in [5.74, 6) is -0.650. The topological polar surface area (TPSA) is 84.0 Å². The molecule has 0 radical (unpaired) electrons. The molecular formula is C29H35F3N3O5+. The number of nitrogens with zero attached hydrogens (tertiary/aromatic N) is 2. The molecule has 1 aromatic heterocycles. The lowest BCUT2D eigenvalue weighted by Gasteiger charge is -2.45. The SMILES string of the molecule is COc1ccc2[nH]c3c(c2c1)CCN(CCOC(=O)C(F)(F)F)C31CC[N+](CCO)(CCOc2ccccc2)C1. The van der Waals surface area contributed by atoms with Crippen molar-refractivity contribution in [2.75, 3.05) is 66.2 Å². The number of aromatic amines is 1. The number of carbonyl (C=O) groups is 1. The van der Waals surface area contributed by atoms with E-state index in [1.54, 1.807) is 7.11 Å². The van der Waals surface area contributed by atoms with Crippen LogP contribution in [0, 0.1) is 0 Å². The number of aliphatic hydroxyl groups is 1. The molecule has 11 heteroatoms. The van der Waals surface area contributed by atoms with E-state index in [0.717, 1.165) is 41.1 Å². The molecular weight excluding hydrogens is 527 g/mol. The largest absolute Gasteiger partial charge is 0.497 e. The summed E-state index contributed by atoms with van der Waals surface area (Å²) in [6.07, 6.45) is -3.61. The Labute approximate surface area is 230 Å². The number of carbonyl (C=O) groups excluding carboxylic acids is 1. The standard InChI is InChI=1S/C29H35F3N3O5/c1-38-22-7-8-25-24(19-22)23-9-11-34(12-17-40-27(37)29(30,31)32)28(26(23)33-25)10-13-35(20-28,14-16-36)15-18-39-21-5-3-2-4-6-21/h2-8,19,33,36H,9-18,20H2,1H3/q+1. The van der Waals surface area contributed by atoms with Gasteiger partial charge in [0.2, 0.25) is 0 Å². The van der Waals surface area contributed by atoms with Gasteiger partial charge in [-0.3, -0.25) is 4.90 Å². The summed E-state index contributed by atoms with van der Waals surface area (Å²) in [6, 6.07) is 15.4. The van der Waals surface area contributed by atoms with Gasteiger partial charge in [0.25, 0.3) is 0 Å². The molecule has 216 valence electrons. The molecule has 1 fully saturated rings. The van der Waals surface area contributed by atoms with Gasteiger partial charge in [-0.1, -0.05) is 18.2 Å². The third-order valence-electron chi connectivity index (χ3n) is 8.39. The Kier molecular flexibility index (Phi) is 7.98. The molecule has 2 unspecified atom stereocenters. The number of hydrogen-bond donors (Lipinski definition) is 2. The molecule has 1 spiro atoms. The van der Waals surface area contributed by atoms with Crippen LogP contribution in [0.25, 0.3) is 10.9 Å². The highest BCUT2D eigenvalue weighted by molar-refractivity contribution is 5.87. The second-order valence-corrected chi connectivity index (χ2v) is 10.6. The highest BCUT2D eigenvalue weighted by atomic mass is 19.4. The molecule has 3 heterocycles. The number of aliphatic hydroxyl groups excluding tert-OH is 1. The van der Waals surface area contributed by atoms with Crippen LogP contribution in [0.15, 0.2) is 48.5 Å². The summed E-state index contributed by atoms with van der Waals surface area (Å²) in [5, 5.41) is 11.1. The number of halogens is 3. The zero-order valence-electron chi connectivity index (χ0n) is 22.5. The molecule has 40 heavy (non-hydrogen) atoms. The second-order valence-electron chi connectivity index (χ2n) is 10.6. The summed E-state index contributed by atoms with van der Waals surface area (Å²) in [5.41, 5.74) is 2.63. The maximum atomic E-state index is 12.8. The maximum absolute atomic E-state index is 12.8. The van der Waals surface area contributed by atoms with Crippen molar-refractivity contribution in [2.24, 2.45) is 0 Å². The number of methoxy groups -OCH3 is 1. The number of ether oxygens (including phenoxy) is 3. The number of likely N-dealkylation sites (tertiary alicyclic amines) is 1. The van der Waals surface area contributed by atoms with E-state index in [9.17, 15) is 23.1 Å². The van der Waals surface area contributed by atoms with E-state index in [2.05, 4.69) is 14.6 Å². The molecule has 3 aromatic rings. The van der Waals surface area contributed by atoms with E-state index in [1.807, 2.05) is 48.5 Å². The van der Waals surface area contributed by atoms with E-state index in [1.165, 1.54) is 5.56 Å². The van der Waals surface area contributed by atoms with Crippen LogP contribution in [-0.4, -0.2) is 97.8 Å². The number of aromatic nitrogens is 1. The molecule has 8 nitrogen and oxygen atoms in total. The quantitative estimate of drug-likeness (QED) is 0.290. The highest BCUT2D eigenvalue weighted by Crippen LogP contribution is 2.47. The van der Waals surface area contributed by atoms with Gasteiger partial charge in [-0.15, -0.1) is 0 Å². The summed E-state index contributed by atoms with van der Waals surface area (Å²) < 4.78 is 55.0. The number of para-hydroxylation sites is 1. The number of quaternary nitrogens is 1. The molecule has 0 bridgehead atoms. The first-order valence-corrected chi connectivity index (χ1v) is 13.5. The Bertz CT molecular complexity index is 1330.